The summed E-state index contributed by atoms with van der Waals surface area (Å²) in [6.45, 7) is 7.91. The smallest absolute Gasteiger partial charge is 0.0469 e. The van der Waals surface area contributed by atoms with Crippen molar-refractivity contribution in [2.24, 2.45) is 11.8 Å². The van der Waals surface area contributed by atoms with E-state index < -0.39 is 0 Å². The molecule has 1 aromatic rings. The summed E-state index contributed by atoms with van der Waals surface area (Å²) in [5, 5.41) is 3.62. The standard InChI is InChI=1S/C17H28N2/c1-14(2)11-18-12-17(16-7-5-4-6-8-16)19(3)13-15-9-10-15/h4-8,14-15,17-18H,9-13H2,1-3H3. The molecule has 2 heteroatoms. The third-order valence-corrected chi connectivity index (χ3v) is 3.85. The molecule has 0 amide bonds. The van der Waals surface area contributed by atoms with Crippen LogP contribution in [0.15, 0.2) is 30.3 Å². The zero-order valence-corrected chi connectivity index (χ0v) is 12.6. The SMILES string of the molecule is CC(C)CNCC(c1ccccc1)N(C)CC1CC1. The van der Waals surface area contributed by atoms with Crippen LogP contribution in [-0.4, -0.2) is 31.6 Å². The summed E-state index contributed by atoms with van der Waals surface area (Å²) in [5.41, 5.74) is 1.43. The maximum Gasteiger partial charge on any atom is 0.0469 e. The number of rotatable bonds is 8. The lowest BCUT2D eigenvalue weighted by Gasteiger charge is -2.29. The van der Waals surface area contributed by atoms with Gasteiger partial charge in [-0.05, 0) is 43.8 Å². The molecule has 0 aromatic heterocycles. The Morgan fingerprint density at radius 1 is 1.16 bits per heavy atom. The molecular formula is C17H28N2. The van der Waals surface area contributed by atoms with Crippen molar-refractivity contribution in [2.45, 2.75) is 32.7 Å². The van der Waals surface area contributed by atoms with Gasteiger partial charge in [0.25, 0.3) is 0 Å². The number of likely N-dealkylation sites (N-methyl/N-ethyl adjacent to an activating group) is 1. The Labute approximate surface area is 118 Å². The fraction of sp³-hybridized carbons (Fsp3) is 0.647. The summed E-state index contributed by atoms with van der Waals surface area (Å²) in [7, 11) is 2.27. The van der Waals surface area contributed by atoms with E-state index in [4.69, 9.17) is 0 Å². The predicted octanol–water partition coefficient (Wildman–Crippen LogP) is 3.32. The van der Waals surface area contributed by atoms with Crippen molar-refractivity contribution >= 4 is 0 Å². The van der Waals surface area contributed by atoms with E-state index in [-0.39, 0.29) is 0 Å². The fourth-order valence-corrected chi connectivity index (χ4v) is 2.55. The van der Waals surface area contributed by atoms with E-state index in [0.29, 0.717) is 12.0 Å². The van der Waals surface area contributed by atoms with Crippen LogP contribution in [0.5, 0.6) is 0 Å². The van der Waals surface area contributed by atoms with Crippen molar-refractivity contribution in [3.63, 3.8) is 0 Å². The molecule has 0 radical (unpaired) electrons. The number of nitrogens with zero attached hydrogens (tertiary/aromatic N) is 1. The van der Waals surface area contributed by atoms with Crippen LogP contribution in [0.25, 0.3) is 0 Å². The molecule has 19 heavy (non-hydrogen) atoms. The van der Waals surface area contributed by atoms with Gasteiger partial charge in [0.1, 0.15) is 0 Å². The molecule has 1 unspecified atom stereocenters. The van der Waals surface area contributed by atoms with Crippen LogP contribution >= 0.6 is 0 Å². The van der Waals surface area contributed by atoms with Crippen LogP contribution in [-0.2, 0) is 0 Å². The quantitative estimate of drug-likeness (QED) is 0.771. The first-order valence-corrected chi connectivity index (χ1v) is 7.62. The van der Waals surface area contributed by atoms with E-state index in [2.05, 4.69) is 61.4 Å². The van der Waals surface area contributed by atoms with Crippen LogP contribution in [0, 0.1) is 11.8 Å². The van der Waals surface area contributed by atoms with Gasteiger partial charge < -0.3 is 5.32 Å². The summed E-state index contributed by atoms with van der Waals surface area (Å²) in [5.74, 6) is 1.66. The Morgan fingerprint density at radius 2 is 1.84 bits per heavy atom. The predicted molar refractivity (Wildman–Crippen MR) is 82.2 cm³/mol. The molecule has 0 spiro atoms. The van der Waals surface area contributed by atoms with Gasteiger partial charge in [-0.1, -0.05) is 44.2 Å². The molecule has 0 heterocycles. The summed E-state index contributed by atoms with van der Waals surface area (Å²) in [4.78, 5) is 2.53. The van der Waals surface area contributed by atoms with E-state index in [1.165, 1.54) is 24.9 Å². The summed E-state index contributed by atoms with van der Waals surface area (Å²) < 4.78 is 0. The Morgan fingerprint density at radius 3 is 2.42 bits per heavy atom. The van der Waals surface area contributed by atoms with Gasteiger partial charge in [0, 0.05) is 19.1 Å². The topological polar surface area (TPSA) is 15.3 Å². The molecule has 2 nitrogen and oxygen atoms in total. The summed E-state index contributed by atoms with van der Waals surface area (Å²) in [6, 6.07) is 11.4. The van der Waals surface area contributed by atoms with Crippen LogP contribution in [0.1, 0.15) is 38.3 Å². The van der Waals surface area contributed by atoms with E-state index in [1.54, 1.807) is 0 Å². The van der Waals surface area contributed by atoms with Crippen molar-refractivity contribution in [1.29, 1.82) is 0 Å². The minimum atomic E-state index is 0.501. The maximum atomic E-state index is 3.62. The van der Waals surface area contributed by atoms with Crippen LogP contribution in [0.2, 0.25) is 0 Å². The zero-order chi connectivity index (χ0) is 13.7. The maximum absolute atomic E-state index is 3.62. The Kier molecular flexibility index (Phi) is 5.41. The molecule has 106 valence electrons. The highest BCUT2D eigenvalue weighted by atomic mass is 15.2. The van der Waals surface area contributed by atoms with Crippen molar-refractivity contribution in [2.75, 3.05) is 26.7 Å². The Balaban J connectivity index is 1.95. The molecule has 1 atom stereocenters. The van der Waals surface area contributed by atoms with E-state index in [0.717, 1.165) is 19.0 Å². The lowest BCUT2D eigenvalue weighted by molar-refractivity contribution is 0.227. The van der Waals surface area contributed by atoms with Gasteiger partial charge in [0.2, 0.25) is 0 Å². The highest BCUT2D eigenvalue weighted by molar-refractivity contribution is 5.19. The second-order valence-corrected chi connectivity index (χ2v) is 6.36. The molecule has 1 N–H and O–H groups in total. The Bertz CT molecular complexity index is 357. The van der Waals surface area contributed by atoms with E-state index in [1.807, 2.05) is 0 Å². The zero-order valence-electron chi connectivity index (χ0n) is 12.6. The van der Waals surface area contributed by atoms with Crippen molar-refractivity contribution < 1.29 is 0 Å². The molecule has 2 rings (SSSR count). The van der Waals surface area contributed by atoms with Crippen LogP contribution < -0.4 is 5.32 Å². The van der Waals surface area contributed by atoms with Crippen LogP contribution in [0.4, 0.5) is 0 Å². The average Bonchev–Trinajstić information content (AvgIpc) is 3.19. The number of hydrogen-bond acceptors (Lipinski definition) is 2. The lowest BCUT2D eigenvalue weighted by Crippen LogP contribution is -2.35. The van der Waals surface area contributed by atoms with Crippen molar-refractivity contribution in [3.8, 4) is 0 Å². The monoisotopic (exact) mass is 260 g/mol. The van der Waals surface area contributed by atoms with Gasteiger partial charge in [-0.25, -0.2) is 0 Å². The third-order valence-electron chi connectivity index (χ3n) is 3.85. The fourth-order valence-electron chi connectivity index (χ4n) is 2.55. The minimum Gasteiger partial charge on any atom is -0.315 e. The van der Waals surface area contributed by atoms with Crippen molar-refractivity contribution in [3.05, 3.63) is 35.9 Å². The first-order chi connectivity index (χ1) is 9.16. The average molecular weight is 260 g/mol. The molecule has 0 saturated heterocycles. The molecule has 0 bridgehead atoms. The van der Waals surface area contributed by atoms with Crippen LogP contribution in [0.3, 0.4) is 0 Å². The molecule has 1 fully saturated rings. The first kappa shape index (κ1) is 14.5. The van der Waals surface area contributed by atoms with Gasteiger partial charge in [0.05, 0.1) is 0 Å². The first-order valence-electron chi connectivity index (χ1n) is 7.62. The summed E-state index contributed by atoms with van der Waals surface area (Å²) >= 11 is 0. The van der Waals surface area contributed by atoms with Crippen molar-refractivity contribution in [1.82, 2.24) is 10.2 Å². The van der Waals surface area contributed by atoms with Gasteiger partial charge in [-0.2, -0.15) is 0 Å². The van der Waals surface area contributed by atoms with E-state index in [9.17, 15) is 0 Å². The largest absolute Gasteiger partial charge is 0.315 e. The highest BCUT2D eigenvalue weighted by Crippen LogP contribution is 2.31. The number of nitrogens with one attached hydrogen (secondary N) is 1. The molecular weight excluding hydrogens is 232 g/mol. The number of hydrogen-bond donors (Lipinski definition) is 1. The molecule has 1 aromatic carbocycles. The third kappa shape index (κ3) is 4.96. The van der Waals surface area contributed by atoms with Gasteiger partial charge in [-0.3, -0.25) is 4.90 Å². The second-order valence-electron chi connectivity index (χ2n) is 6.36. The minimum absolute atomic E-state index is 0.501. The van der Waals surface area contributed by atoms with Gasteiger partial charge in [0.15, 0.2) is 0 Å². The van der Waals surface area contributed by atoms with Gasteiger partial charge >= 0.3 is 0 Å². The second kappa shape index (κ2) is 7.06. The summed E-state index contributed by atoms with van der Waals surface area (Å²) in [6.07, 6.45) is 2.84. The molecule has 1 aliphatic rings. The Hall–Kier alpha value is -0.860. The van der Waals surface area contributed by atoms with Gasteiger partial charge in [-0.15, -0.1) is 0 Å². The van der Waals surface area contributed by atoms with E-state index >= 15 is 0 Å². The molecule has 1 aliphatic carbocycles. The number of benzene rings is 1. The molecule has 0 aliphatic heterocycles. The highest BCUT2D eigenvalue weighted by Gasteiger charge is 2.26. The molecule has 1 saturated carbocycles. The lowest BCUT2D eigenvalue weighted by atomic mass is 10.0. The normalized spacial score (nSPS) is 17.1.